The Morgan fingerprint density at radius 2 is 2.10 bits per heavy atom. The van der Waals surface area contributed by atoms with Crippen LogP contribution in [0.15, 0.2) is 29.6 Å². The van der Waals surface area contributed by atoms with E-state index in [-0.39, 0.29) is 11.2 Å². The smallest absolute Gasteiger partial charge is 0.234 e. The number of hydrogen-bond donors (Lipinski definition) is 1. The van der Waals surface area contributed by atoms with Crippen molar-refractivity contribution in [2.45, 2.75) is 5.25 Å². The fourth-order valence-corrected chi connectivity index (χ4v) is 4.65. The van der Waals surface area contributed by atoms with E-state index < -0.39 is 0 Å². The van der Waals surface area contributed by atoms with Crippen LogP contribution in [0.4, 0.5) is 5.69 Å². The molecule has 4 nitrogen and oxygen atoms in total. The zero-order chi connectivity index (χ0) is 14.8. The number of hydrogen-bond acceptors (Lipinski definition) is 5. The molecule has 0 radical (unpaired) electrons. The summed E-state index contributed by atoms with van der Waals surface area (Å²) in [6.07, 6.45) is 0. The number of carbonyl (C=O) groups excluding carboxylic acids is 1. The van der Waals surface area contributed by atoms with Crippen LogP contribution >= 0.6 is 23.1 Å². The summed E-state index contributed by atoms with van der Waals surface area (Å²) in [5.41, 5.74) is 1.92. The van der Waals surface area contributed by atoms with Crippen LogP contribution in [-0.4, -0.2) is 25.9 Å². The van der Waals surface area contributed by atoms with Crippen molar-refractivity contribution >= 4 is 34.7 Å². The predicted molar refractivity (Wildman–Crippen MR) is 86.8 cm³/mol. The molecule has 1 amide bonds. The fourth-order valence-electron chi connectivity index (χ4n) is 2.40. The molecule has 3 rings (SSSR count). The van der Waals surface area contributed by atoms with Crippen molar-refractivity contribution < 1.29 is 14.3 Å². The SMILES string of the molecule is COc1cccc([C@@H]2SCC(=O)Nc3ccsc32)c1OC. The largest absolute Gasteiger partial charge is 0.493 e. The molecule has 0 unspecified atom stereocenters. The molecule has 0 saturated heterocycles. The van der Waals surface area contributed by atoms with E-state index in [4.69, 9.17) is 9.47 Å². The number of rotatable bonds is 3. The van der Waals surface area contributed by atoms with Crippen molar-refractivity contribution in [1.29, 1.82) is 0 Å². The topological polar surface area (TPSA) is 47.6 Å². The van der Waals surface area contributed by atoms with Crippen molar-refractivity contribution in [2.75, 3.05) is 25.3 Å². The lowest BCUT2D eigenvalue weighted by Gasteiger charge is -2.19. The minimum Gasteiger partial charge on any atom is -0.493 e. The summed E-state index contributed by atoms with van der Waals surface area (Å²) in [6, 6.07) is 7.80. The van der Waals surface area contributed by atoms with E-state index in [1.54, 1.807) is 37.3 Å². The summed E-state index contributed by atoms with van der Waals surface area (Å²) in [6.45, 7) is 0. The van der Waals surface area contributed by atoms with Crippen LogP contribution < -0.4 is 14.8 Å². The Morgan fingerprint density at radius 3 is 2.86 bits per heavy atom. The number of methoxy groups -OCH3 is 2. The maximum atomic E-state index is 11.8. The molecule has 0 fully saturated rings. The first-order valence-corrected chi connectivity index (χ1v) is 8.37. The molecule has 110 valence electrons. The molecular formula is C15H15NO3S2. The molecule has 0 spiro atoms. The highest BCUT2D eigenvalue weighted by molar-refractivity contribution is 8.00. The average Bonchev–Trinajstić information content (AvgIpc) is 2.89. The van der Waals surface area contributed by atoms with Crippen LogP contribution in [0.3, 0.4) is 0 Å². The maximum Gasteiger partial charge on any atom is 0.234 e. The molecule has 1 aromatic carbocycles. The molecule has 1 aliphatic heterocycles. The number of nitrogens with one attached hydrogen (secondary N) is 1. The molecule has 0 aliphatic carbocycles. The summed E-state index contributed by atoms with van der Waals surface area (Å²) in [5, 5.41) is 5.00. The number of thiophene rings is 1. The Balaban J connectivity index is 2.11. The lowest BCUT2D eigenvalue weighted by Crippen LogP contribution is -2.11. The van der Waals surface area contributed by atoms with E-state index in [1.807, 2.05) is 29.6 Å². The average molecular weight is 321 g/mol. The normalized spacial score (nSPS) is 17.6. The Morgan fingerprint density at radius 1 is 1.24 bits per heavy atom. The third kappa shape index (κ3) is 2.61. The Labute approximate surface area is 131 Å². The van der Waals surface area contributed by atoms with E-state index in [2.05, 4.69) is 5.32 Å². The number of para-hydroxylation sites is 1. The van der Waals surface area contributed by atoms with Crippen LogP contribution in [0.2, 0.25) is 0 Å². The molecule has 1 aromatic heterocycles. The second-order valence-corrected chi connectivity index (χ2v) is 6.56. The molecule has 1 aliphatic rings. The van der Waals surface area contributed by atoms with Gasteiger partial charge in [0.25, 0.3) is 0 Å². The monoisotopic (exact) mass is 321 g/mol. The van der Waals surface area contributed by atoms with Gasteiger partial charge in [-0.2, -0.15) is 0 Å². The van der Waals surface area contributed by atoms with Crippen molar-refractivity contribution in [3.05, 3.63) is 40.1 Å². The minimum absolute atomic E-state index is 0.0315. The van der Waals surface area contributed by atoms with Gasteiger partial charge in [-0.05, 0) is 17.5 Å². The highest BCUT2D eigenvalue weighted by Crippen LogP contribution is 2.48. The van der Waals surface area contributed by atoms with Crippen molar-refractivity contribution in [1.82, 2.24) is 0 Å². The van der Waals surface area contributed by atoms with Crippen LogP contribution in [0.25, 0.3) is 0 Å². The number of ether oxygens (including phenoxy) is 2. The van der Waals surface area contributed by atoms with Crippen LogP contribution in [0, 0.1) is 0 Å². The molecular weight excluding hydrogens is 306 g/mol. The van der Waals surface area contributed by atoms with Gasteiger partial charge in [0, 0.05) is 10.4 Å². The van der Waals surface area contributed by atoms with E-state index in [0.29, 0.717) is 11.5 Å². The first kappa shape index (κ1) is 14.3. The number of carbonyl (C=O) groups is 1. The lowest BCUT2D eigenvalue weighted by atomic mass is 10.1. The quantitative estimate of drug-likeness (QED) is 0.939. The molecule has 1 N–H and O–H groups in total. The van der Waals surface area contributed by atoms with Crippen molar-refractivity contribution in [2.24, 2.45) is 0 Å². The van der Waals surface area contributed by atoms with Gasteiger partial charge in [0.1, 0.15) is 0 Å². The van der Waals surface area contributed by atoms with Gasteiger partial charge in [0.15, 0.2) is 11.5 Å². The molecule has 0 saturated carbocycles. The first-order chi connectivity index (χ1) is 10.2. The number of fused-ring (bicyclic) bond motifs is 1. The minimum atomic E-state index is 0.0315. The number of benzene rings is 1. The van der Waals surface area contributed by atoms with E-state index in [0.717, 1.165) is 21.9 Å². The highest BCUT2D eigenvalue weighted by atomic mass is 32.2. The van der Waals surface area contributed by atoms with E-state index in [1.165, 1.54) is 0 Å². The summed E-state index contributed by atoms with van der Waals surface area (Å²) >= 11 is 3.25. The number of anilines is 1. The van der Waals surface area contributed by atoms with Gasteiger partial charge in [0.05, 0.1) is 30.9 Å². The molecule has 2 heterocycles. The van der Waals surface area contributed by atoms with Gasteiger partial charge in [0.2, 0.25) is 5.91 Å². The van der Waals surface area contributed by atoms with E-state index >= 15 is 0 Å². The fraction of sp³-hybridized carbons (Fsp3) is 0.267. The zero-order valence-electron chi connectivity index (χ0n) is 11.7. The maximum absolute atomic E-state index is 11.8. The van der Waals surface area contributed by atoms with Gasteiger partial charge in [-0.15, -0.1) is 23.1 Å². The van der Waals surface area contributed by atoms with Gasteiger partial charge in [-0.3, -0.25) is 4.79 Å². The summed E-state index contributed by atoms with van der Waals surface area (Å²) in [4.78, 5) is 13.0. The lowest BCUT2D eigenvalue weighted by molar-refractivity contribution is -0.113. The number of amides is 1. The van der Waals surface area contributed by atoms with Gasteiger partial charge >= 0.3 is 0 Å². The molecule has 1 atom stereocenters. The molecule has 6 heteroatoms. The van der Waals surface area contributed by atoms with E-state index in [9.17, 15) is 4.79 Å². The molecule has 0 bridgehead atoms. The van der Waals surface area contributed by atoms with Crippen LogP contribution in [0.1, 0.15) is 15.7 Å². The standard InChI is InChI=1S/C15H15NO3S2/c1-18-11-5-3-4-9(13(11)19-2)14-15-10(6-7-20-15)16-12(17)8-21-14/h3-7,14H,8H2,1-2H3,(H,16,17)/t14-/m0/s1. The van der Waals surface area contributed by atoms with Gasteiger partial charge in [-0.25, -0.2) is 0 Å². The van der Waals surface area contributed by atoms with Gasteiger partial charge in [-0.1, -0.05) is 12.1 Å². The van der Waals surface area contributed by atoms with Crippen molar-refractivity contribution in [3.8, 4) is 11.5 Å². The summed E-state index contributed by atoms with van der Waals surface area (Å²) < 4.78 is 10.9. The third-order valence-corrected chi connectivity index (χ3v) is 5.69. The second kappa shape index (κ2) is 5.99. The second-order valence-electron chi connectivity index (χ2n) is 4.52. The van der Waals surface area contributed by atoms with Crippen LogP contribution in [0.5, 0.6) is 11.5 Å². The zero-order valence-corrected chi connectivity index (χ0v) is 13.3. The summed E-state index contributed by atoms with van der Waals surface area (Å²) in [7, 11) is 3.27. The van der Waals surface area contributed by atoms with Crippen molar-refractivity contribution in [3.63, 3.8) is 0 Å². The highest BCUT2D eigenvalue weighted by Gasteiger charge is 2.28. The third-order valence-electron chi connectivity index (χ3n) is 3.30. The first-order valence-electron chi connectivity index (χ1n) is 6.44. The Bertz CT molecular complexity index is 669. The summed E-state index contributed by atoms with van der Waals surface area (Å²) in [5.74, 6) is 1.89. The van der Waals surface area contributed by atoms with Crippen LogP contribution in [-0.2, 0) is 4.79 Å². The Kier molecular flexibility index (Phi) is 4.07. The Hall–Kier alpha value is -1.66. The van der Waals surface area contributed by atoms with Gasteiger partial charge < -0.3 is 14.8 Å². The molecule has 2 aromatic rings. The predicted octanol–water partition coefficient (Wildman–Crippen LogP) is 3.54. The molecule has 21 heavy (non-hydrogen) atoms. The number of thioether (sulfide) groups is 1.